The Morgan fingerprint density at radius 2 is 1.73 bits per heavy atom. The maximum atomic E-state index is 14.4. The molecule has 0 bridgehead atoms. The minimum absolute atomic E-state index is 0.00963. The van der Waals surface area contributed by atoms with E-state index in [1.54, 1.807) is 68.4 Å². The van der Waals surface area contributed by atoms with Crippen molar-refractivity contribution in [3.8, 4) is 11.1 Å². The second-order valence-corrected chi connectivity index (χ2v) is 12.9. The summed E-state index contributed by atoms with van der Waals surface area (Å²) in [6, 6.07) is 17.5. The average Bonchev–Trinajstić information content (AvgIpc) is 3.44. The Morgan fingerprint density at radius 1 is 1.05 bits per heavy atom. The topological polar surface area (TPSA) is 95.0 Å². The van der Waals surface area contributed by atoms with Crippen molar-refractivity contribution >= 4 is 33.0 Å². The molecule has 1 N–H and O–H groups in total. The maximum absolute atomic E-state index is 14.4. The number of carbonyl (C=O) groups excluding carboxylic acids is 2. The highest BCUT2D eigenvalue weighted by molar-refractivity contribution is 7.90. The third-order valence-corrected chi connectivity index (χ3v) is 9.19. The summed E-state index contributed by atoms with van der Waals surface area (Å²) in [5.74, 6) is -2.82. The second-order valence-electron chi connectivity index (χ2n) is 10.9. The number of hydrogen-bond donors (Lipinski definition) is 1. The van der Waals surface area contributed by atoms with Crippen LogP contribution in [0.4, 0.5) is 24.5 Å². The molecule has 216 valence electrons. The number of sulfone groups is 1. The van der Waals surface area contributed by atoms with Crippen LogP contribution < -0.4 is 4.90 Å². The predicted molar refractivity (Wildman–Crippen MR) is 147 cm³/mol. The Hall–Kier alpha value is -3.70. The molecule has 0 aromatic heterocycles. The summed E-state index contributed by atoms with van der Waals surface area (Å²) in [6.45, 7) is 2.77. The van der Waals surface area contributed by atoms with Gasteiger partial charge in [0, 0.05) is 18.5 Å². The van der Waals surface area contributed by atoms with Gasteiger partial charge in [0.25, 0.3) is 0 Å². The van der Waals surface area contributed by atoms with Gasteiger partial charge in [-0.1, -0.05) is 56.3 Å². The molecular weight excluding hydrogens is 557 g/mol. The number of rotatable bonds is 5. The fraction of sp³-hybridized carbons (Fsp3) is 0.333. The van der Waals surface area contributed by atoms with Crippen LogP contribution >= 0.6 is 0 Å². The van der Waals surface area contributed by atoms with E-state index >= 15 is 0 Å². The normalized spacial score (nSPS) is 20.8. The zero-order valence-electron chi connectivity index (χ0n) is 22.6. The molecule has 1 spiro atoms. The molecule has 41 heavy (non-hydrogen) atoms. The lowest BCUT2D eigenvalue weighted by atomic mass is 9.71. The van der Waals surface area contributed by atoms with Crippen LogP contribution in [0.5, 0.6) is 0 Å². The highest BCUT2D eigenvalue weighted by Gasteiger charge is 2.64. The van der Waals surface area contributed by atoms with E-state index in [4.69, 9.17) is 0 Å². The molecule has 5 rings (SSSR count). The third-order valence-electron chi connectivity index (χ3n) is 8.01. The van der Waals surface area contributed by atoms with Crippen LogP contribution in [-0.2, 0) is 31.4 Å². The van der Waals surface area contributed by atoms with E-state index < -0.39 is 51.8 Å². The van der Waals surface area contributed by atoms with E-state index in [0.29, 0.717) is 28.1 Å². The van der Waals surface area contributed by atoms with Crippen LogP contribution in [0, 0.1) is 5.92 Å². The van der Waals surface area contributed by atoms with Gasteiger partial charge in [0.2, 0.25) is 5.91 Å². The van der Waals surface area contributed by atoms with Crippen LogP contribution in [0.1, 0.15) is 31.4 Å². The Kier molecular flexibility index (Phi) is 7.02. The van der Waals surface area contributed by atoms with Crippen molar-refractivity contribution in [2.45, 2.75) is 49.4 Å². The van der Waals surface area contributed by atoms with Gasteiger partial charge in [-0.2, -0.15) is 13.2 Å². The zero-order chi connectivity index (χ0) is 29.9. The van der Waals surface area contributed by atoms with Crippen LogP contribution in [-0.4, -0.2) is 55.3 Å². The molecule has 1 saturated heterocycles. The quantitative estimate of drug-likeness (QED) is 0.455. The number of nitrogens with zero attached hydrogens (tertiary/aromatic N) is 2. The second kappa shape index (κ2) is 9.99. The van der Waals surface area contributed by atoms with Gasteiger partial charge in [-0.15, -0.1) is 0 Å². The lowest BCUT2D eigenvalue weighted by molar-refractivity contribution is -0.187. The summed E-state index contributed by atoms with van der Waals surface area (Å²) >= 11 is 0. The minimum Gasteiger partial charge on any atom is -0.392 e. The average molecular weight is 587 g/mol. The molecule has 3 aromatic carbocycles. The van der Waals surface area contributed by atoms with Gasteiger partial charge < -0.3 is 10.0 Å². The fourth-order valence-electron chi connectivity index (χ4n) is 6.46. The lowest BCUT2D eigenvalue weighted by Gasteiger charge is -2.37. The first-order valence-electron chi connectivity index (χ1n) is 13.1. The molecule has 0 aliphatic carbocycles. The maximum Gasteiger partial charge on any atom is 0.471 e. The van der Waals surface area contributed by atoms with E-state index in [-0.39, 0.29) is 23.4 Å². The Morgan fingerprint density at radius 3 is 2.37 bits per heavy atom. The number of fused-ring (bicyclic) bond motifs is 2. The molecule has 1 unspecified atom stereocenters. The van der Waals surface area contributed by atoms with Gasteiger partial charge in [-0.25, -0.2) is 8.42 Å². The van der Waals surface area contributed by atoms with Crippen LogP contribution in [0.2, 0.25) is 0 Å². The fourth-order valence-corrected chi connectivity index (χ4v) is 7.41. The zero-order valence-corrected chi connectivity index (χ0v) is 23.5. The van der Waals surface area contributed by atoms with Crippen LogP contribution in [0.25, 0.3) is 11.1 Å². The first-order valence-corrected chi connectivity index (χ1v) is 15.0. The number of aliphatic hydroxyl groups is 1. The number of para-hydroxylation sites is 1. The van der Waals surface area contributed by atoms with Gasteiger partial charge in [0.15, 0.2) is 9.84 Å². The predicted octanol–water partition coefficient (Wildman–Crippen LogP) is 4.98. The summed E-state index contributed by atoms with van der Waals surface area (Å²) in [5.41, 5.74) is 1.58. The molecule has 3 aromatic rings. The standard InChI is InChI=1S/C30H29F3N2O5S/c1-18(2)26-29(13-14-34(26)28(38)30(31,32)33)23-9-4-5-10-24(23)35(27(29)37)22-8-6-7-19(15-22)20-11-12-21(17-36)25(16-20)41(3,39)40/h4-12,15-16,18,26,36H,13-14,17H2,1-3H3/t26-,29?/m0/s1. The Labute approximate surface area is 236 Å². The van der Waals surface area contributed by atoms with Crippen molar-refractivity contribution in [1.82, 2.24) is 4.90 Å². The number of halogens is 3. The summed E-state index contributed by atoms with van der Waals surface area (Å²) in [7, 11) is -3.64. The largest absolute Gasteiger partial charge is 0.471 e. The molecular formula is C30H29F3N2O5S. The van der Waals surface area contributed by atoms with Crippen molar-refractivity contribution in [3.63, 3.8) is 0 Å². The van der Waals surface area contributed by atoms with Gasteiger partial charge in [-0.05, 0) is 58.9 Å². The van der Waals surface area contributed by atoms with Crippen molar-refractivity contribution < 1.29 is 36.3 Å². The minimum atomic E-state index is -5.07. The first-order chi connectivity index (χ1) is 19.2. The van der Waals surface area contributed by atoms with Crippen LogP contribution in [0.15, 0.2) is 71.6 Å². The molecule has 2 amide bonds. The summed E-state index contributed by atoms with van der Waals surface area (Å²) < 4.78 is 65.4. The number of carbonyl (C=O) groups is 2. The van der Waals surface area contributed by atoms with Gasteiger partial charge in [0.1, 0.15) is 0 Å². The molecule has 1 fully saturated rings. The lowest BCUT2D eigenvalue weighted by Crippen LogP contribution is -2.54. The van der Waals surface area contributed by atoms with Crippen molar-refractivity contribution in [3.05, 3.63) is 77.9 Å². The number of hydrogen-bond acceptors (Lipinski definition) is 5. The highest BCUT2D eigenvalue weighted by Crippen LogP contribution is 2.55. The number of anilines is 2. The molecule has 7 nitrogen and oxygen atoms in total. The van der Waals surface area contributed by atoms with E-state index in [1.807, 2.05) is 0 Å². The third kappa shape index (κ3) is 4.61. The van der Waals surface area contributed by atoms with E-state index in [0.717, 1.165) is 11.2 Å². The first kappa shape index (κ1) is 28.8. The monoisotopic (exact) mass is 586 g/mol. The van der Waals surface area contributed by atoms with Crippen molar-refractivity contribution in [1.29, 1.82) is 0 Å². The number of amides is 2. The Bertz CT molecular complexity index is 1650. The molecule has 2 aliphatic heterocycles. The molecule has 2 aliphatic rings. The molecule has 11 heteroatoms. The molecule has 0 saturated carbocycles. The molecule has 0 radical (unpaired) electrons. The highest BCUT2D eigenvalue weighted by atomic mass is 32.2. The smallest absolute Gasteiger partial charge is 0.392 e. The molecule has 2 heterocycles. The van der Waals surface area contributed by atoms with E-state index in [2.05, 4.69) is 0 Å². The Balaban J connectivity index is 1.63. The van der Waals surface area contributed by atoms with Crippen LogP contribution in [0.3, 0.4) is 0 Å². The number of aliphatic hydroxyl groups excluding tert-OH is 1. The van der Waals surface area contributed by atoms with Crippen molar-refractivity contribution in [2.75, 3.05) is 17.7 Å². The van der Waals surface area contributed by atoms with E-state index in [1.165, 1.54) is 17.0 Å². The number of alkyl halides is 3. The van der Waals surface area contributed by atoms with Gasteiger partial charge in [-0.3, -0.25) is 14.5 Å². The molecule has 2 atom stereocenters. The SMILES string of the molecule is CC(C)[C@@H]1N(C(=O)C(F)(F)F)CCC12C(=O)N(c1cccc(-c3ccc(CO)c(S(C)(=O)=O)c3)c1)c1ccccc12. The number of benzene rings is 3. The van der Waals surface area contributed by atoms with Gasteiger partial charge >= 0.3 is 12.1 Å². The van der Waals surface area contributed by atoms with E-state index in [9.17, 15) is 36.3 Å². The summed E-state index contributed by atoms with van der Waals surface area (Å²) in [6.07, 6.45) is -3.96. The number of likely N-dealkylation sites (tertiary alicyclic amines) is 1. The summed E-state index contributed by atoms with van der Waals surface area (Å²) in [4.78, 5) is 29.2. The van der Waals surface area contributed by atoms with Gasteiger partial charge in [0.05, 0.1) is 28.6 Å². The summed E-state index contributed by atoms with van der Waals surface area (Å²) in [5, 5.41) is 9.62. The van der Waals surface area contributed by atoms with Crippen molar-refractivity contribution in [2.24, 2.45) is 5.92 Å².